The first-order valence-corrected chi connectivity index (χ1v) is 13.9. The van der Waals surface area contributed by atoms with E-state index in [1.165, 1.54) is 35.1 Å². The molecular weight excluding hydrogens is 639 g/mol. The van der Waals surface area contributed by atoms with E-state index in [1.807, 2.05) is 0 Å². The summed E-state index contributed by atoms with van der Waals surface area (Å²) in [4.78, 5) is 14.9. The first kappa shape index (κ1) is 34.9. The fourth-order valence-corrected chi connectivity index (χ4v) is 5.40. The van der Waals surface area contributed by atoms with Crippen molar-refractivity contribution in [2.75, 3.05) is 33.9 Å². The molecule has 0 aliphatic carbocycles. The van der Waals surface area contributed by atoms with Gasteiger partial charge in [0.2, 0.25) is 5.96 Å². The summed E-state index contributed by atoms with van der Waals surface area (Å²) in [5, 5.41) is 5.23. The average Bonchev–Trinajstić information content (AvgIpc) is 3.41. The predicted octanol–water partition coefficient (Wildman–Crippen LogP) is 6.06. The van der Waals surface area contributed by atoms with E-state index < -0.39 is 65.6 Å². The molecule has 2 aliphatic heterocycles. The molecule has 4 rings (SSSR count). The van der Waals surface area contributed by atoms with Crippen LogP contribution >= 0.6 is 0 Å². The van der Waals surface area contributed by atoms with Crippen molar-refractivity contribution < 1.29 is 53.8 Å². The number of hydrazone groups is 1. The Kier molecular flexibility index (Phi) is 9.91. The number of hydrogen-bond donors (Lipinski definition) is 2. The van der Waals surface area contributed by atoms with Crippen LogP contribution in [0.1, 0.15) is 53.1 Å². The zero-order chi connectivity index (χ0) is 34.1. The minimum atomic E-state index is -5.11. The quantitative estimate of drug-likeness (QED) is 0.347. The van der Waals surface area contributed by atoms with Crippen LogP contribution in [0.25, 0.3) is 0 Å². The molecule has 2 aromatic carbocycles. The molecule has 2 N–H and O–H groups in total. The van der Waals surface area contributed by atoms with Gasteiger partial charge in [-0.2, -0.15) is 39.5 Å². The number of hydrazine groups is 2. The minimum absolute atomic E-state index is 0.00950. The summed E-state index contributed by atoms with van der Waals surface area (Å²) >= 11 is 0. The highest BCUT2D eigenvalue weighted by Gasteiger charge is 2.42. The lowest BCUT2D eigenvalue weighted by molar-refractivity contribution is -0.143. The van der Waals surface area contributed by atoms with Crippen LogP contribution in [0.5, 0.6) is 0 Å². The number of ether oxygens (including phenoxy) is 2. The maximum absolute atomic E-state index is 13.9. The Morgan fingerprint density at radius 1 is 0.913 bits per heavy atom. The van der Waals surface area contributed by atoms with Crippen molar-refractivity contribution in [2.45, 2.75) is 57.0 Å². The monoisotopic (exact) mass is 670 g/mol. The van der Waals surface area contributed by atoms with Crippen molar-refractivity contribution in [1.82, 2.24) is 25.9 Å². The number of hydrogen-bond acceptors (Lipinski definition) is 8. The standard InChI is InChI=1S/C28H31F9N6O3/c1-4-46-24(44)42-9-7-25(45-3,8-10-42)22-6-5-19(26(29,30)31)13-18(22)16-43(23-38-40-41(2)39-23)15-17-11-20(27(32,33)34)14-21(12-17)28(35,36)37/h5-6,11-14,40H,4,7-10,15-16H2,1-3H3,(H,38,39). The number of likely N-dealkylation sites (tertiary alicyclic amines) is 1. The Bertz CT molecular complexity index is 1410. The van der Waals surface area contributed by atoms with Gasteiger partial charge in [-0.3, -0.25) is 5.43 Å². The summed E-state index contributed by atoms with van der Waals surface area (Å²) in [5.41, 5.74) is -0.156. The molecule has 9 nitrogen and oxygen atoms in total. The molecule has 2 heterocycles. The van der Waals surface area contributed by atoms with Crippen LogP contribution < -0.4 is 11.0 Å². The van der Waals surface area contributed by atoms with Crippen molar-refractivity contribution in [2.24, 2.45) is 5.10 Å². The van der Waals surface area contributed by atoms with E-state index in [2.05, 4.69) is 16.1 Å². The fraction of sp³-hybridized carbons (Fsp3) is 0.500. The second-order valence-corrected chi connectivity index (χ2v) is 10.7. The molecule has 1 fully saturated rings. The highest BCUT2D eigenvalue weighted by atomic mass is 19.4. The molecule has 0 radical (unpaired) electrons. The summed E-state index contributed by atoms with van der Waals surface area (Å²) in [6.45, 7) is 1.02. The smallest absolute Gasteiger partial charge is 0.416 e. The van der Waals surface area contributed by atoms with E-state index in [-0.39, 0.29) is 50.1 Å². The molecule has 46 heavy (non-hydrogen) atoms. The van der Waals surface area contributed by atoms with E-state index in [4.69, 9.17) is 9.47 Å². The number of halogens is 9. The van der Waals surface area contributed by atoms with Gasteiger partial charge in [0, 0.05) is 40.3 Å². The lowest BCUT2D eigenvalue weighted by atomic mass is 9.81. The lowest BCUT2D eigenvalue weighted by Gasteiger charge is -2.42. The molecule has 0 bridgehead atoms. The average molecular weight is 671 g/mol. The maximum Gasteiger partial charge on any atom is 0.416 e. The SMILES string of the molecule is CCOC(=O)N1CCC(OC)(c2ccc(C(F)(F)F)cc2CN(Cc2cc(C(F)(F)F)cc(C(F)(F)F)c2)C2=NNN(C)N2)CC1. The molecule has 1 amide bonds. The number of methoxy groups -OCH3 is 1. The van der Waals surface area contributed by atoms with E-state index >= 15 is 0 Å². The topological polar surface area (TPSA) is 81.7 Å². The first-order valence-electron chi connectivity index (χ1n) is 13.9. The van der Waals surface area contributed by atoms with Gasteiger partial charge < -0.3 is 19.3 Å². The third-order valence-electron chi connectivity index (χ3n) is 7.67. The summed E-state index contributed by atoms with van der Waals surface area (Å²) in [6.07, 6.45) is -15.2. The second kappa shape index (κ2) is 13.1. The summed E-state index contributed by atoms with van der Waals surface area (Å²) in [6, 6.07) is 4.05. The predicted molar refractivity (Wildman–Crippen MR) is 145 cm³/mol. The van der Waals surface area contributed by atoms with Gasteiger partial charge in [-0.15, -0.1) is 10.2 Å². The number of carbonyl (C=O) groups is 1. The van der Waals surface area contributed by atoms with Gasteiger partial charge in [0.15, 0.2) is 0 Å². The fourth-order valence-electron chi connectivity index (χ4n) is 5.40. The van der Waals surface area contributed by atoms with E-state index in [9.17, 15) is 44.3 Å². The van der Waals surface area contributed by atoms with Crippen LogP contribution in [0.15, 0.2) is 41.5 Å². The van der Waals surface area contributed by atoms with E-state index in [1.54, 1.807) is 6.92 Å². The van der Waals surface area contributed by atoms with Gasteiger partial charge in [-0.1, -0.05) is 6.07 Å². The van der Waals surface area contributed by atoms with Crippen molar-refractivity contribution in [3.63, 3.8) is 0 Å². The van der Waals surface area contributed by atoms with Crippen molar-refractivity contribution in [3.8, 4) is 0 Å². The maximum atomic E-state index is 13.9. The Hall–Kier alpha value is -3.93. The number of nitrogens with zero attached hydrogens (tertiary/aromatic N) is 4. The normalized spacial score (nSPS) is 17.3. The number of alkyl halides is 9. The number of benzene rings is 2. The Balaban J connectivity index is 1.78. The number of carbonyl (C=O) groups excluding carboxylic acids is 1. The Morgan fingerprint density at radius 2 is 1.50 bits per heavy atom. The zero-order valence-corrected chi connectivity index (χ0v) is 24.8. The lowest BCUT2D eigenvalue weighted by Crippen LogP contribution is -2.47. The molecule has 0 saturated carbocycles. The van der Waals surface area contributed by atoms with Gasteiger partial charge in [0.1, 0.15) is 0 Å². The van der Waals surface area contributed by atoms with Gasteiger partial charge >= 0.3 is 24.6 Å². The minimum Gasteiger partial charge on any atom is -0.450 e. The van der Waals surface area contributed by atoms with Crippen molar-refractivity contribution in [1.29, 1.82) is 0 Å². The van der Waals surface area contributed by atoms with Crippen LogP contribution in [-0.2, 0) is 46.7 Å². The van der Waals surface area contributed by atoms with Crippen LogP contribution in [0.4, 0.5) is 44.3 Å². The van der Waals surface area contributed by atoms with Crippen LogP contribution in [0.2, 0.25) is 0 Å². The molecule has 1 saturated heterocycles. The number of guanidine groups is 1. The van der Waals surface area contributed by atoms with Gasteiger partial charge in [-0.05, 0) is 66.8 Å². The third-order valence-corrected chi connectivity index (χ3v) is 7.67. The number of rotatable bonds is 7. The Morgan fingerprint density at radius 3 is 1.98 bits per heavy atom. The molecule has 0 spiro atoms. The van der Waals surface area contributed by atoms with E-state index in [0.717, 1.165) is 12.1 Å². The van der Waals surface area contributed by atoms with Crippen LogP contribution in [0, 0.1) is 0 Å². The summed E-state index contributed by atoms with van der Waals surface area (Å²) < 4.78 is 134. The Labute approximate surface area is 257 Å². The highest BCUT2D eigenvalue weighted by Crippen LogP contribution is 2.42. The molecule has 254 valence electrons. The van der Waals surface area contributed by atoms with Gasteiger partial charge in [0.05, 0.1) is 28.9 Å². The number of amides is 1. The van der Waals surface area contributed by atoms with Crippen molar-refractivity contribution in [3.05, 3.63) is 69.8 Å². The highest BCUT2D eigenvalue weighted by molar-refractivity contribution is 5.80. The second-order valence-electron chi connectivity index (χ2n) is 10.7. The largest absolute Gasteiger partial charge is 0.450 e. The van der Waals surface area contributed by atoms with Crippen LogP contribution in [-0.4, -0.2) is 60.8 Å². The van der Waals surface area contributed by atoms with Gasteiger partial charge in [-0.25, -0.2) is 10.3 Å². The molecule has 2 aliphatic rings. The van der Waals surface area contributed by atoms with Gasteiger partial charge in [0.25, 0.3) is 0 Å². The van der Waals surface area contributed by atoms with E-state index in [0.29, 0.717) is 17.7 Å². The molecule has 0 aromatic heterocycles. The summed E-state index contributed by atoms with van der Waals surface area (Å²) in [5.74, 6) is -0.0829. The number of piperidine rings is 1. The zero-order valence-electron chi connectivity index (χ0n) is 24.8. The molecule has 0 atom stereocenters. The molecule has 2 aromatic rings. The molecule has 0 unspecified atom stereocenters. The first-order chi connectivity index (χ1) is 21.4. The number of nitrogens with one attached hydrogen (secondary N) is 2. The molecular formula is C28H31F9N6O3. The third kappa shape index (κ3) is 7.89. The van der Waals surface area contributed by atoms with Crippen molar-refractivity contribution >= 4 is 12.1 Å². The summed E-state index contributed by atoms with van der Waals surface area (Å²) in [7, 11) is 2.83. The van der Waals surface area contributed by atoms with Crippen LogP contribution in [0.3, 0.4) is 0 Å². The molecule has 18 heteroatoms.